The molecule has 0 saturated heterocycles. The van der Waals surface area contributed by atoms with Crippen molar-refractivity contribution in [3.05, 3.63) is 53.3 Å². The summed E-state index contributed by atoms with van der Waals surface area (Å²) in [4.78, 5) is 0. The van der Waals surface area contributed by atoms with Crippen molar-refractivity contribution in [1.82, 2.24) is 0 Å². The van der Waals surface area contributed by atoms with Crippen LogP contribution in [0.15, 0.2) is 47.7 Å². The van der Waals surface area contributed by atoms with Crippen molar-refractivity contribution in [2.24, 2.45) is 5.92 Å². The highest BCUT2D eigenvalue weighted by Gasteiger charge is 2.38. The molecule has 1 aliphatic carbocycles. The molecule has 0 fully saturated rings. The largest absolute Gasteiger partial charge is 0.501 e. The van der Waals surface area contributed by atoms with Crippen LogP contribution in [0.25, 0.3) is 0 Å². The first kappa shape index (κ1) is 18.6. The maximum absolute atomic E-state index is 5.57. The summed E-state index contributed by atoms with van der Waals surface area (Å²) in [5.41, 5.74) is 2.70. The molecular formula is C22H32O2. The molecule has 0 radical (unpaired) electrons. The second-order valence-corrected chi connectivity index (χ2v) is 6.84. The Morgan fingerprint density at radius 1 is 1.17 bits per heavy atom. The zero-order chi connectivity index (χ0) is 17.6. The van der Waals surface area contributed by atoms with E-state index in [2.05, 4.69) is 51.1 Å². The van der Waals surface area contributed by atoms with Crippen molar-refractivity contribution in [1.29, 1.82) is 0 Å². The molecule has 2 atom stereocenters. The van der Waals surface area contributed by atoms with E-state index in [1.807, 2.05) is 6.07 Å². The highest BCUT2D eigenvalue weighted by Crippen LogP contribution is 2.46. The van der Waals surface area contributed by atoms with Gasteiger partial charge in [-0.2, -0.15) is 0 Å². The van der Waals surface area contributed by atoms with Crippen LogP contribution < -0.4 is 4.74 Å². The minimum absolute atomic E-state index is 0.0243. The third-order valence-electron chi connectivity index (χ3n) is 5.55. The van der Waals surface area contributed by atoms with E-state index in [0.29, 0.717) is 5.92 Å². The van der Waals surface area contributed by atoms with E-state index >= 15 is 0 Å². The maximum atomic E-state index is 5.57. The molecule has 0 heterocycles. The van der Waals surface area contributed by atoms with E-state index < -0.39 is 0 Å². The predicted octanol–water partition coefficient (Wildman–Crippen LogP) is 6.03. The molecule has 2 nitrogen and oxygen atoms in total. The summed E-state index contributed by atoms with van der Waals surface area (Å²) >= 11 is 0. The maximum Gasteiger partial charge on any atom is 0.119 e. The molecule has 0 aromatic heterocycles. The normalized spacial score (nSPS) is 18.2. The van der Waals surface area contributed by atoms with E-state index in [9.17, 15) is 0 Å². The van der Waals surface area contributed by atoms with Gasteiger partial charge in [-0.05, 0) is 48.1 Å². The minimum atomic E-state index is -0.0243. The fraction of sp³-hybridized carbons (Fsp3) is 0.545. The molecule has 0 saturated carbocycles. The summed E-state index contributed by atoms with van der Waals surface area (Å²) < 4.78 is 11.1. The average molecular weight is 328 g/mol. The van der Waals surface area contributed by atoms with E-state index in [4.69, 9.17) is 9.47 Å². The monoisotopic (exact) mass is 328 g/mol. The Bertz CT molecular complexity index is 600. The van der Waals surface area contributed by atoms with Gasteiger partial charge in [0.25, 0.3) is 0 Å². The molecule has 24 heavy (non-hydrogen) atoms. The first-order valence-electron chi connectivity index (χ1n) is 9.19. The van der Waals surface area contributed by atoms with Crippen LogP contribution in [-0.2, 0) is 10.2 Å². The summed E-state index contributed by atoms with van der Waals surface area (Å²) in [6.07, 6.45) is 10.3. The van der Waals surface area contributed by atoms with Crippen molar-refractivity contribution < 1.29 is 9.47 Å². The fourth-order valence-electron chi connectivity index (χ4n) is 4.03. The van der Waals surface area contributed by atoms with Crippen molar-refractivity contribution in [3.63, 3.8) is 0 Å². The summed E-state index contributed by atoms with van der Waals surface area (Å²) in [6.45, 7) is 6.98. The van der Waals surface area contributed by atoms with Gasteiger partial charge >= 0.3 is 0 Å². The van der Waals surface area contributed by atoms with Gasteiger partial charge in [-0.3, -0.25) is 0 Å². The van der Waals surface area contributed by atoms with Gasteiger partial charge < -0.3 is 9.47 Å². The van der Waals surface area contributed by atoms with Crippen molar-refractivity contribution in [3.8, 4) is 5.75 Å². The lowest BCUT2D eigenvalue weighted by Gasteiger charge is -2.41. The topological polar surface area (TPSA) is 18.5 Å². The molecule has 0 aliphatic heterocycles. The van der Waals surface area contributed by atoms with Crippen LogP contribution in [0.1, 0.15) is 58.4 Å². The van der Waals surface area contributed by atoms with Gasteiger partial charge in [0, 0.05) is 11.8 Å². The predicted molar refractivity (Wildman–Crippen MR) is 101 cm³/mol. The minimum Gasteiger partial charge on any atom is -0.501 e. The number of hydrogen-bond acceptors (Lipinski definition) is 2. The quantitative estimate of drug-likeness (QED) is 0.580. The number of hydrogen-bond donors (Lipinski definition) is 0. The molecule has 132 valence electrons. The molecule has 0 spiro atoms. The highest BCUT2D eigenvalue weighted by molar-refractivity contribution is 5.46. The molecule has 1 aromatic carbocycles. The van der Waals surface area contributed by atoms with E-state index in [-0.39, 0.29) is 5.41 Å². The molecule has 0 N–H and O–H groups in total. The molecule has 2 rings (SSSR count). The Morgan fingerprint density at radius 3 is 2.58 bits per heavy atom. The van der Waals surface area contributed by atoms with Gasteiger partial charge in [0.1, 0.15) is 5.75 Å². The number of rotatable bonds is 8. The van der Waals surface area contributed by atoms with Crippen molar-refractivity contribution >= 4 is 0 Å². The van der Waals surface area contributed by atoms with Crippen LogP contribution >= 0.6 is 0 Å². The lowest BCUT2D eigenvalue weighted by atomic mass is 9.63. The van der Waals surface area contributed by atoms with Gasteiger partial charge in [-0.1, -0.05) is 51.8 Å². The molecule has 2 unspecified atom stereocenters. The third kappa shape index (κ3) is 3.68. The van der Waals surface area contributed by atoms with Crippen molar-refractivity contribution in [2.75, 3.05) is 14.2 Å². The van der Waals surface area contributed by atoms with Crippen LogP contribution in [0.4, 0.5) is 0 Å². The van der Waals surface area contributed by atoms with Crippen molar-refractivity contribution in [2.45, 2.75) is 58.3 Å². The second kappa shape index (κ2) is 8.41. The van der Waals surface area contributed by atoms with Crippen LogP contribution in [0.5, 0.6) is 5.75 Å². The van der Waals surface area contributed by atoms with Gasteiger partial charge in [0.05, 0.1) is 20.0 Å². The zero-order valence-corrected chi connectivity index (χ0v) is 15.9. The lowest BCUT2D eigenvalue weighted by molar-refractivity contribution is 0.268. The van der Waals surface area contributed by atoms with Gasteiger partial charge in [-0.15, -0.1) is 0 Å². The second-order valence-electron chi connectivity index (χ2n) is 6.84. The number of allylic oxidation sites excluding steroid dienone is 4. The molecular weight excluding hydrogens is 296 g/mol. The number of ether oxygens (including phenoxy) is 2. The first-order valence-corrected chi connectivity index (χ1v) is 9.19. The Morgan fingerprint density at radius 2 is 1.96 bits per heavy atom. The van der Waals surface area contributed by atoms with E-state index in [1.165, 1.54) is 24.0 Å². The standard InChI is InChI=1S/C22H32O2/c1-6-10-17(7-2)22(3,18-11-8-13-20(15-18)23-4)19-12-9-14-21(16-19)24-5/h8,11-13,15-17H,6-7,9-10,14H2,1-5H3. The molecule has 0 bridgehead atoms. The Hall–Kier alpha value is -1.70. The lowest BCUT2D eigenvalue weighted by Crippen LogP contribution is -2.34. The van der Waals surface area contributed by atoms with Gasteiger partial charge in [0.2, 0.25) is 0 Å². The molecule has 0 amide bonds. The average Bonchev–Trinajstić information content (AvgIpc) is 2.65. The Kier molecular flexibility index (Phi) is 6.53. The molecule has 1 aromatic rings. The number of benzene rings is 1. The summed E-state index contributed by atoms with van der Waals surface area (Å²) in [6, 6.07) is 8.58. The highest BCUT2D eigenvalue weighted by atomic mass is 16.5. The van der Waals surface area contributed by atoms with Crippen LogP contribution in [0, 0.1) is 5.92 Å². The summed E-state index contributed by atoms with van der Waals surface area (Å²) in [5.74, 6) is 2.61. The van der Waals surface area contributed by atoms with E-state index in [1.54, 1.807) is 14.2 Å². The Balaban J connectivity index is 2.56. The molecule has 1 aliphatic rings. The van der Waals surface area contributed by atoms with Crippen LogP contribution in [0.3, 0.4) is 0 Å². The van der Waals surface area contributed by atoms with Gasteiger partial charge in [0.15, 0.2) is 0 Å². The summed E-state index contributed by atoms with van der Waals surface area (Å²) in [5, 5.41) is 0. The van der Waals surface area contributed by atoms with Gasteiger partial charge in [-0.25, -0.2) is 0 Å². The fourth-order valence-corrected chi connectivity index (χ4v) is 4.03. The Labute approximate surface area is 147 Å². The smallest absolute Gasteiger partial charge is 0.119 e. The number of methoxy groups -OCH3 is 2. The third-order valence-corrected chi connectivity index (χ3v) is 5.55. The van der Waals surface area contributed by atoms with Crippen LogP contribution in [-0.4, -0.2) is 14.2 Å². The SMILES string of the molecule is CCCC(CC)C(C)(C1=CCCC(OC)=C1)c1cccc(OC)c1. The van der Waals surface area contributed by atoms with Crippen LogP contribution in [0.2, 0.25) is 0 Å². The first-order chi connectivity index (χ1) is 11.6. The molecule has 2 heteroatoms. The zero-order valence-electron chi connectivity index (χ0n) is 15.9. The summed E-state index contributed by atoms with van der Waals surface area (Å²) in [7, 11) is 3.52. The van der Waals surface area contributed by atoms with E-state index in [0.717, 1.165) is 30.8 Å².